The molecule has 0 atom stereocenters. The summed E-state index contributed by atoms with van der Waals surface area (Å²) in [4.78, 5) is 23.7. The third kappa shape index (κ3) is 2.58. The van der Waals surface area contributed by atoms with E-state index in [0.717, 1.165) is 0 Å². The summed E-state index contributed by atoms with van der Waals surface area (Å²) in [6, 6.07) is 1.50. The average Bonchev–Trinajstić information content (AvgIpc) is 2.46. The first-order chi connectivity index (χ1) is 9.60. The fourth-order valence-electron chi connectivity index (χ4n) is 2.04. The van der Waals surface area contributed by atoms with Gasteiger partial charge in [0.15, 0.2) is 11.5 Å². The highest BCUT2D eigenvalue weighted by atomic mass is 35.5. The molecule has 108 valence electrons. The van der Waals surface area contributed by atoms with E-state index in [1.807, 2.05) is 6.92 Å². The SMILES string of the molecule is CCOC(=O)C(=O)c1cc2c(c(Cl)c1CC)OCCO2. The van der Waals surface area contributed by atoms with Crippen molar-refractivity contribution in [1.29, 1.82) is 0 Å². The van der Waals surface area contributed by atoms with Crippen molar-refractivity contribution in [3.8, 4) is 11.5 Å². The molecule has 0 saturated carbocycles. The summed E-state index contributed by atoms with van der Waals surface area (Å²) in [5.74, 6) is -0.807. The zero-order valence-corrected chi connectivity index (χ0v) is 12.1. The van der Waals surface area contributed by atoms with Gasteiger partial charge in [-0.3, -0.25) is 4.79 Å². The first-order valence-electron chi connectivity index (χ1n) is 6.42. The van der Waals surface area contributed by atoms with Gasteiger partial charge in [0.05, 0.1) is 11.6 Å². The maximum absolute atomic E-state index is 12.1. The third-order valence-corrected chi connectivity index (χ3v) is 3.33. The molecule has 6 heteroatoms. The largest absolute Gasteiger partial charge is 0.486 e. The molecule has 2 rings (SSSR count). The minimum Gasteiger partial charge on any atom is -0.486 e. The zero-order valence-electron chi connectivity index (χ0n) is 11.3. The van der Waals surface area contributed by atoms with Gasteiger partial charge in [0.1, 0.15) is 13.2 Å². The fourth-order valence-corrected chi connectivity index (χ4v) is 2.42. The second-order valence-corrected chi connectivity index (χ2v) is 4.52. The molecule has 0 radical (unpaired) electrons. The maximum Gasteiger partial charge on any atom is 0.379 e. The summed E-state index contributed by atoms with van der Waals surface area (Å²) >= 11 is 6.25. The lowest BCUT2D eigenvalue weighted by Gasteiger charge is -2.22. The highest BCUT2D eigenvalue weighted by Crippen LogP contribution is 2.41. The summed E-state index contributed by atoms with van der Waals surface area (Å²) in [6.45, 7) is 4.41. The van der Waals surface area contributed by atoms with Crippen LogP contribution in [0.3, 0.4) is 0 Å². The van der Waals surface area contributed by atoms with E-state index in [-0.39, 0.29) is 12.2 Å². The number of fused-ring (bicyclic) bond motifs is 1. The summed E-state index contributed by atoms with van der Waals surface area (Å²) in [5.41, 5.74) is 0.772. The average molecular weight is 299 g/mol. The molecule has 1 aliphatic heterocycles. The number of ketones is 1. The standard InChI is InChI=1S/C14H15ClO5/c1-3-8-9(12(16)14(17)18-4-2)7-10-13(11(8)15)20-6-5-19-10/h7H,3-6H2,1-2H3. The topological polar surface area (TPSA) is 61.8 Å². The van der Waals surface area contributed by atoms with Crippen LogP contribution in [0.2, 0.25) is 5.02 Å². The van der Waals surface area contributed by atoms with Crippen LogP contribution in [0.5, 0.6) is 11.5 Å². The van der Waals surface area contributed by atoms with E-state index >= 15 is 0 Å². The molecule has 0 aromatic heterocycles. The van der Waals surface area contributed by atoms with E-state index in [1.54, 1.807) is 6.92 Å². The Morgan fingerprint density at radius 2 is 2.00 bits per heavy atom. The van der Waals surface area contributed by atoms with E-state index in [9.17, 15) is 9.59 Å². The first-order valence-corrected chi connectivity index (χ1v) is 6.80. The maximum atomic E-state index is 12.1. The lowest BCUT2D eigenvalue weighted by Crippen LogP contribution is -2.21. The van der Waals surface area contributed by atoms with Crippen LogP contribution < -0.4 is 9.47 Å². The summed E-state index contributed by atoms with van der Waals surface area (Å²) in [5, 5.41) is 0.317. The lowest BCUT2D eigenvalue weighted by molar-refractivity contribution is -0.137. The van der Waals surface area contributed by atoms with Gasteiger partial charge in [0.25, 0.3) is 5.78 Å². The third-order valence-electron chi connectivity index (χ3n) is 2.93. The van der Waals surface area contributed by atoms with Gasteiger partial charge in [-0.05, 0) is 25.0 Å². The Kier molecular flexibility index (Phi) is 4.49. The number of esters is 1. The second-order valence-electron chi connectivity index (χ2n) is 4.14. The van der Waals surface area contributed by atoms with Gasteiger partial charge in [-0.1, -0.05) is 18.5 Å². The Balaban J connectivity index is 2.49. The molecule has 0 amide bonds. The molecule has 0 saturated heterocycles. The summed E-state index contributed by atoms with van der Waals surface area (Å²) in [7, 11) is 0. The van der Waals surface area contributed by atoms with Crippen molar-refractivity contribution in [2.45, 2.75) is 20.3 Å². The minimum absolute atomic E-state index is 0.143. The van der Waals surface area contributed by atoms with Crippen molar-refractivity contribution in [1.82, 2.24) is 0 Å². The summed E-state index contributed by atoms with van der Waals surface area (Å²) < 4.78 is 15.6. The van der Waals surface area contributed by atoms with Gasteiger partial charge in [-0.25, -0.2) is 4.79 Å². The number of carbonyl (C=O) groups excluding carboxylic acids is 2. The van der Waals surface area contributed by atoms with Crippen LogP contribution in [-0.4, -0.2) is 31.6 Å². The molecular formula is C14H15ClO5. The van der Waals surface area contributed by atoms with Gasteiger partial charge < -0.3 is 14.2 Å². The molecule has 0 bridgehead atoms. The molecule has 20 heavy (non-hydrogen) atoms. The Bertz CT molecular complexity index is 553. The van der Waals surface area contributed by atoms with Crippen molar-refractivity contribution < 1.29 is 23.8 Å². The highest BCUT2D eigenvalue weighted by molar-refractivity contribution is 6.42. The fraction of sp³-hybridized carbons (Fsp3) is 0.429. The van der Waals surface area contributed by atoms with Gasteiger partial charge in [0.2, 0.25) is 0 Å². The Morgan fingerprint density at radius 3 is 2.65 bits per heavy atom. The van der Waals surface area contributed by atoms with Gasteiger partial charge in [0, 0.05) is 5.56 Å². The number of Topliss-reactive ketones (excluding diaryl/α,β-unsaturated/α-hetero) is 1. The van der Waals surface area contributed by atoms with Gasteiger partial charge in [-0.2, -0.15) is 0 Å². The molecule has 1 heterocycles. The van der Waals surface area contributed by atoms with Crippen LogP contribution >= 0.6 is 11.6 Å². The lowest BCUT2D eigenvalue weighted by atomic mass is 10.00. The van der Waals surface area contributed by atoms with Crippen LogP contribution in [0.25, 0.3) is 0 Å². The Labute approximate surface area is 121 Å². The van der Waals surface area contributed by atoms with Crippen LogP contribution in [0.1, 0.15) is 29.8 Å². The summed E-state index contributed by atoms with van der Waals surface area (Å²) in [6.07, 6.45) is 0.496. The minimum atomic E-state index is -0.894. The van der Waals surface area contributed by atoms with Gasteiger partial charge >= 0.3 is 5.97 Å². The van der Waals surface area contributed by atoms with Crippen molar-refractivity contribution >= 4 is 23.4 Å². The number of rotatable bonds is 4. The van der Waals surface area contributed by atoms with Crippen LogP contribution in [0, 0.1) is 0 Å². The molecule has 1 aromatic carbocycles. The predicted molar refractivity (Wildman–Crippen MR) is 72.8 cm³/mol. The van der Waals surface area contributed by atoms with E-state index < -0.39 is 11.8 Å². The predicted octanol–water partition coefficient (Wildman–Crippen LogP) is 2.42. The molecular weight excluding hydrogens is 284 g/mol. The molecule has 0 spiro atoms. The molecule has 0 N–H and O–H groups in total. The number of carbonyl (C=O) groups is 2. The Hall–Kier alpha value is -1.75. The van der Waals surface area contributed by atoms with E-state index in [4.69, 9.17) is 25.8 Å². The normalized spacial score (nSPS) is 12.9. The molecule has 0 unspecified atom stereocenters. The molecule has 0 aliphatic carbocycles. The second kappa shape index (κ2) is 6.13. The number of halogens is 1. The van der Waals surface area contributed by atoms with Crippen LogP contribution in [0.15, 0.2) is 6.07 Å². The molecule has 1 aromatic rings. The van der Waals surface area contributed by atoms with Crippen molar-refractivity contribution in [2.75, 3.05) is 19.8 Å². The number of hydrogen-bond acceptors (Lipinski definition) is 5. The number of benzene rings is 1. The van der Waals surface area contributed by atoms with Crippen LogP contribution in [0.4, 0.5) is 0 Å². The first kappa shape index (κ1) is 14.7. The zero-order chi connectivity index (χ0) is 14.7. The van der Waals surface area contributed by atoms with Crippen molar-refractivity contribution in [2.24, 2.45) is 0 Å². The number of ether oxygens (including phenoxy) is 3. The Morgan fingerprint density at radius 1 is 1.30 bits per heavy atom. The molecule has 1 aliphatic rings. The van der Waals surface area contributed by atoms with Crippen molar-refractivity contribution in [3.63, 3.8) is 0 Å². The smallest absolute Gasteiger partial charge is 0.379 e. The number of hydrogen-bond donors (Lipinski definition) is 0. The van der Waals surface area contributed by atoms with E-state index in [1.165, 1.54) is 6.07 Å². The molecule has 0 fully saturated rings. The van der Waals surface area contributed by atoms with Crippen molar-refractivity contribution in [3.05, 3.63) is 22.2 Å². The monoisotopic (exact) mass is 298 g/mol. The van der Waals surface area contributed by atoms with E-state index in [0.29, 0.717) is 41.7 Å². The molecule has 5 nitrogen and oxygen atoms in total. The van der Waals surface area contributed by atoms with Crippen LogP contribution in [-0.2, 0) is 16.0 Å². The van der Waals surface area contributed by atoms with E-state index in [2.05, 4.69) is 0 Å². The quantitative estimate of drug-likeness (QED) is 0.485. The van der Waals surface area contributed by atoms with Gasteiger partial charge in [-0.15, -0.1) is 0 Å². The highest BCUT2D eigenvalue weighted by Gasteiger charge is 2.27.